The highest BCUT2D eigenvalue weighted by Gasteiger charge is 2.51. The predicted molar refractivity (Wildman–Crippen MR) is 78.0 cm³/mol. The summed E-state index contributed by atoms with van der Waals surface area (Å²) in [4.78, 5) is 23.1. The van der Waals surface area contributed by atoms with Gasteiger partial charge in [-0.2, -0.15) is 5.26 Å². The van der Waals surface area contributed by atoms with Gasteiger partial charge in [0.2, 0.25) is 0 Å². The van der Waals surface area contributed by atoms with E-state index in [1.54, 1.807) is 6.07 Å². The summed E-state index contributed by atoms with van der Waals surface area (Å²) in [6, 6.07) is 10.3. The number of benzene rings is 2. The molecule has 2 aromatic carbocycles. The average Bonchev–Trinajstić information content (AvgIpc) is 2.53. The Bertz CT molecular complexity index is 750. The molecule has 2 rings (SSSR count). The molecule has 122 valence electrons. The Morgan fingerprint density at radius 2 is 1.21 bits per heavy atom. The number of nitrogens with zero attached hydrogens (tertiary/aromatic N) is 1. The number of halogens is 2. The molecular weight excluding hydrogens is 320 g/mol. The second-order valence-electron chi connectivity index (χ2n) is 5.04. The van der Waals surface area contributed by atoms with Crippen molar-refractivity contribution in [2.75, 3.05) is 0 Å². The Kier molecular flexibility index (Phi) is 4.60. The number of carbonyl (C=O) groups is 2. The summed E-state index contributed by atoms with van der Waals surface area (Å²) in [6.45, 7) is 0. The molecule has 0 atom stereocenters. The fraction of sp³-hybridized carbons (Fsp3) is 0.118. The summed E-state index contributed by atoms with van der Waals surface area (Å²) in [5, 5.41) is 28.5. The van der Waals surface area contributed by atoms with Gasteiger partial charge >= 0.3 is 11.9 Å². The third kappa shape index (κ3) is 2.82. The van der Waals surface area contributed by atoms with E-state index in [1.807, 2.05) is 0 Å². The lowest BCUT2D eigenvalue weighted by atomic mass is 9.66. The molecule has 0 aliphatic heterocycles. The van der Waals surface area contributed by atoms with E-state index in [1.165, 1.54) is 0 Å². The molecule has 24 heavy (non-hydrogen) atoms. The molecule has 0 spiro atoms. The van der Waals surface area contributed by atoms with Gasteiger partial charge in [-0.15, -0.1) is 0 Å². The summed E-state index contributed by atoms with van der Waals surface area (Å²) >= 11 is 0. The molecular formula is C17H11F2NO4. The summed E-state index contributed by atoms with van der Waals surface area (Å²) in [5.74, 6) is -6.91. The van der Waals surface area contributed by atoms with Crippen molar-refractivity contribution < 1.29 is 28.6 Å². The zero-order valence-electron chi connectivity index (χ0n) is 12.1. The van der Waals surface area contributed by atoms with Crippen molar-refractivity contribution in [2.45, 2.75) is 5.41 Å². The maximum atomic E-state index is 13.2. The Labute approximate surface area is 135 Å². The van der Waals surface area contributed by atoms with E-state index in [0.717, 1.165) is 48.5 Å². The highest BCUT2D eigenvalue weighted by molar-refractivity contribution is 5.96. The quantitative estimate of drug-likeness (QED) is 0.821. The van der Waals surface area contributed by atoms with Gasteiger partial charge in [0, 0.05) is 0 Å². The van der Waals surface area contributed by atoms with Crippen LogP contribution < -0.4 is 0 Å². The first-order valence-corrected chi connectivity index (χ1v) is 6.72. The lowest BCUT2D eigenvalue weighted by molar-refractivity contribution is -0.156. The van der Waals surface area contributed by atoms with Crippen molar-refractivity contribution in [1.82, 2.24) is 0 Å². The predicted octanol–water partition coefficient (Wildman–Crippen LogP) is 2.56. The third-order valence-corrected chi connectivity index (χ3v) is 3.70. The van der Waals surface area contributed by atoms with Crippen LogP contribution in [0.25, 0.3) is 0 Å². The zero-order valence-corrected chi connectivity index (χ0v) is 12.1. The second-order valence-corrected chi connectivity index (χ2v) is 5.04. The van der Waals surface area contributed by atoms with Crippen molar-refractivity contribution in [3.63, 3.8) is 0 Å². The molecule has 0 saturated carbocycles. The summed E-state index contributed by atoms with van der Waals surface area (Å²) in [6.07, 6.45) is 0. The first-order chi connectivity index (χ1) is 11.3. The van der Waals surface area contributed by atoms with Crippen molar-refractivity contribution in [3.05, 3.63) is 71.3 Å². The van der Waals surface area contributed by atoms with E-state index in [9.17, 15) is 33.8 Å². The van der Waals surface area contributed by atoms with Crippen LogP contribution in [0.1, 0.15) is 11.1 Å². The van der Waals surface area contributed by atoms with Crippen LogP contribution >= 0.6 is 0 Å². The van der Waals surface area contributed by atoms with Crippen LogP contribution in [-0.2, 0) is 15.0 Å². The fourth-order valence-electron chi connectivity index (χ4n) is 2.60. The molecule has 0 bridgehead atoms. The molecule has 0 fully saturated rings. The molecule has 0 amide bonds. The van der Waals surface area contributed by atoms with Crippen LogP contribution in [-0.4, -0.2) is 22.2 Å². The molecule has 0 aliphatic rings. The smallest absolute Gasteiger partial charge is 0.320 e. The van der Waals surface area contributed by atoms with E-state index in [-0.39, 0.29) is 11.1 Å². The van der Waals surface area contributed by atoms with E-state index in [2.05, 4.69) is 0 Å². The molecule has 0 aliphatic carbocycles. The SMILES string of the molecule is N#CC(c1ccc(F)cc1)(c1ccc(F)cc1)C(C(=O)O)C(=O)O. The number of nitriles is 1. The Morgan fingerprint density at radius 1 is 0.875 bits per heavy atom. The number of rotatable bonds is 5. The zero-order chi connectivity index (χ0) is 17.9. The van der Waals surface area contributed by atoms with Crippen LogP contribution in [0.3, 0.4) is 0 Å². The maximum absolute atomic E-state index is 13.2. The van der Waals surface area contributed by atoms with Crippen molar-refractivity contribution >= 4 is 11.9 Å². The molecule has 2 N–H and O–H groups in total. The Balaban J connectivity index is 2.83. The van der Waals surface area contributed by atoms with Crippen LogP contribution in [0, 0.1) is 28.9 Å². The lowest BCUT2D eigenvalue weighted by Crippen LogP contribution is -2.44. The molecule has 5 nitrogen and oxygen atoms in total. The molecule has 2 aromatic rings. The van der Waals surface area contributed by atoms with Gasteiger partial charge < -0.3 is 10.2 Å². The minimum Gasteiger partial charge on any atom is -0.481 e. The van der Waals surface area contributed by atoms with E-state index in [0.29, 0.717) is 0 Å². The molecule has 0 unspecified atom stereocenters. The molecule has 0 saturated heterocycles. The summed E-state index contributed by atoms with van der Waals surface area (Å²) in [7, 11) is 0. The monoisotopic (exact) mass is 331 g/mol. The van der Waals surface area contributed by atoms with Crippen LogP contribution in [0.5, 0.6) is 0 Å². The number of hydrogen-bond donors (Lipinski definition) is 2. The van der Waals surface area contributed by atoms with Crippen LogP contribution in [0.2, 0.25) is 0 Å². The average molecular weight is 331 g/mol. The minimum atomic E-state index is -2.17. The van der Waals surface area contributed by atoms with Gasteiger partial charge in [-0.05, 0) is 35.4 Å². The standard InChI is InChI=1S/C17H11F2NO4/c18-12-5-1-10(2-6-12)17(9-20,14(15(21)22)16(23)24)11-3-7-13(19)8-4-11/h1-8,14H,(H,21,22)(H,23,24). The molecule has 7 heteroatoms. The number of hydrogen-bond acceptors (Lipinski definition) is 3. The van der Waals surface area contributed by atoms with Crippen LogP contribution in [0.15, 0.2) is 48.5 Å². The highest BCUT2D eigenvalue weighted by atomic mass is 19.1. The lowest BCUT2D eigenvalue weighted by Gasteiger charge is -2.31. The normalized spacial score (nSPS) is 11.1. The van der Waals surface area contributed by atoms with E-state index >= 15 is 0 Å². The molecule has 0 aromatic heterocycles. The summed E-state index contributed by atoms with van der Waals surface area (Å²) < 4.78 is 26.4. The van der Waals surface area contributed by atoms with Gasteiger partial charge in [0.15, 0.2) is 5.92 Å². The van der Waals surface area contributed by atoms with Crippen molar-refractivity contribution in [3.8, 4) is 6.07 Å². The fourth-order valence-corrected chi connectivity index (χ4v) is 2.60. The van der Waals surface area contributed by atoms with Gasteiger partial charge in [0.1, 0.15) is 17.0 Å². The summed E-state index contributed by atoms with van der Waals surface area (Å²) in [5.41, 5.74) is -2.19. The molecule has 0 heterocycles. The first-order valence-electron chi connectivity index (χ1n) is 6.72. The second kappa shape index (κ2) is 6.46. The van der Waals surface area contributed by atoms with Gasteiger partial charge in [-0.25, -0.2) is 8.78 Å². The Morgan fingerprint density at radius 3 is 1.46 bits per heavy atom. The largest absolute Gasteiger partial charge is 0.481 e. The van der Waals surface area contributed by atoms with Gasteiger partial charge in [0.05, 0.1) is 6.07 Å². The topological polar surface area (TPSA) is 98.4 Å². The third-order valence-electron chi connectivity index (χ3n) is 3.70. The highest BCUT2D eigenvalue weighted by Crippen LogP contribution is 2.39. The minimum absolute atomic E-state index is 0.0205. The van der Waals surface area contributed by atoms with E-state index in [4.69, 9.17) is 0 Å². The number of aliphatic carboxylic acids is 2. The maximum Gasteiger partial charge on any atom is 0.320 e. The van der Waals surface area contributed by atoms with Gasteiger partial charge in [-0.1, -0.05) is 24.3 Å². The molecule has 0 radical (unpaired) electrons. The van der Waals surface area contributed by atoms with Gasteiger partial charge in [-0.3, -0.25) is 9.59 Å². The number of carboxylic acids is 2. The Hall–Kier alpha value is -3.27. The van der Waals surface area contributed by atoms with Crippen LogP contribution in [0.4, 0.5) is 8.78 Å². The number of carboxylic acid groups (broad SMARTS) is 2. The van der Waals surface area contributed by atoms with Gasteiger partial charge in [0.25, 0.3) is 0 Å². The first kappa shape index (κ1) is 17.1. The van der Waals surface area contributed by atoms with E-state index < -0.39 is 34.9 Å². The van der Waals surface area contributed by atoms with Crippen molar-refractivity contribution in [1.29, 1.82) is 5.26 Å². The van der Waals surface area contributed by atoms with Crippen molar-refractivity contribution in [2.24, 2.45) is 5.92 Å².